The van der Waals surface area contributed by atoms with Crippen molar-refractivity contribution in [3.05, 3.63) is 135 Å². The van der Waals surface area contributed by atoms with E-state index in [0.29, 0.717) is 9.87 Å². The zero-order chi connectivity index (χ0) is 40.5. The molecule has 0 aromatic heterocycles. The lowest BCUT2D eigenvalue weighted by Crippen LogP contribution is -2.46. The van der Waals surface area contributed by atoms with E-state index in [1.165, 1.54) is 0 Å². The molecule has 3 amide bonds. The Balaban J connectivity index is 0.000000297. The van der Waals surface area contributed by atoms with Gasteiger partial charge in [0.2, 0.25) is 5.91 Å². The number of carboxylic acid groups (broad SMARTS) is 2. The summed E-state index contributed by atoms with van der Waals surface area (Å²) in [6, 6.07) is 27.7. The third kappa shape index (κ3) is 13.1. The van der Waals surface area contributed by atoms with Crippen molar-refractivity contribution >= 4 is 69.5 Å². The SMILES string of the molecule is CN(C(=O)OCc1ccccc1)S(=O)(=O)c1ccc(Cl)c(C(C=O)C(=O)O)c1Cl.O=C(CNC(=O)OCc1ccccc1)N[C@@H](Cc1ccccc1)C(=O)O. The number of carbonyl (C=O) groups excluding carboxylic acids is 4. The highest BCUT2D eigenvalue weighted by molar-refractivity contribution is 7.89. The number of rotatable bonds is 15. The molecule has 2 atom stereocenters. The van der Waals surface area contributed by atoms with Crippen LogP contribution >= 0.6 is 23.2 Å². The molecule has 0 bridgehead atoms. The monoisotopic (exact) mass is 815 g/mol. The molecule has 0 aliphatic heterocycles. The molecule has 15 nitrogen and oxygen atoms in total. The van der Waals surface area contributed by atoms with Crippen LogP contribution in [0.2, 0.25) is 10.0 Å². The van der Waals surface area contributed by atoms with Crippen LogP contribution in [-0.4, -0.2) is 78.9 Å². The first-order valence-corrected chi connectivity index (χ1v) is 18.2. The van der Waals surface area contributed by atoms with Crippen LogP contribution in [0.15, 0.2) is 108 Å². The predicted octanol–water partition coefficient (Wildman–Crippen LogP) is 5.04. The van der Waals surface area contributed by atoms with Crippen LogP contribution in [0, 0.1) is 0 Å². The molecule has 0 saturated heterocycles. The Kier molecular flexibility index (Phi) is 16.6. The highest BCUT2D eigenvalue weighted by Crippen LogP contribution is 2.37. The van der Waals surface area contributed by atoms with E-state index in [2.05, 4.69) is 10.6 Å². The maximum atomic E-state index is 12.8. The van der Waals surface area contributed by atoms with E-state index in [4.69, 9.17) is 37.8 Å². The third-order valence-corrected chi connectivity index (χ3v) is 10.0. The van der Waals surface area contributed by atoms with Gasteiger partial charge < -0.3 is 35.1 Å². The lowest BCUT2D eigenvalue weighted by molar-refractivity contribution is -0.142. The van der Waals surface area contributed by atoms with Crippen LogP contribution in [0.25, 0.3) is 0 Å². The number of ether oxygens (including phenoxy) is 2. The molecule has 0 heterocycles. The lowest BCUT2D eigenvalue weighted by atomic mass is 10.0. The van der Waals surface area contributed by atoms with Crippen molar-refractivity contribution in [2.45, 2.75) is 36.5 Å². The second-order valence-electron chi connectivity index (χ2n) is 11.3. The highest BCUT2D eigenvalue weighted by atomic mass is 35.5. The van der Waals surface area contributed by atoms with Crippen molar-refractivity contribution < 1.29 is 56.9 Å². The summed E-state index contributed by atoms with van der Waals surface area (Å²) in [7, 11) is -3.56. The molecule has 0 aliphatic carbocycles. The number of benzene rings is 4. The quantitative estimate of drug-likeness (QED) is 0.0915. The van der Waals surface area contributed by atoms with E-state index >= 15 is 0 Å². The number of halogens is 2. The Morgan fingerprint density at radius 3 is 1.76 bits per heavy atom. The summed E-state index contributed by atoms with van der Waals surface area (Å²) in [6.07, 6.45) is -1.70. The number of aliphatic carboxylic acids is 2. The van der Waals surface area contributed by atoms with Gasteiger partial charge in [-0.2, -0.15) is 0 Å². The van der Waals surface area contributed by atoms with Gasteiger partial charge in [-0.3, -0.25) is 9.59 Å². The Morgan fingerprint density at radius 1 is 0.764 bits per heavy atom. The van der Waals surface area contributed by atoms with Crippen LogP contribution < -0.4 is 10.6 Å². The van der Waals surface area contributed by atoms with Crippen molar-refractivity contribution in [3.8, 4) is 0 Å². The summed E-state index contributed by atoms with van der Waals surface area (Å²) in [5.41, 5.74) is 1.87. The van der Waals surface area contributed by atoms with Gasteiger partial charge in [0.15, 0.2) is 0 Å². The Morgan fingerprint density at radius 2 is 1.27 bits per heavy atom. The normalized spacial score (nSPS) is 11.7. The molecule has 0 fully saturated rings. The number of hydrogen-bond acceptors (Lipinski definition) is 10. The van der Waals surface area contributed by atoms with Crippen molar-refractivity contribution in [2.24, 2.45) is 0 Å². The molecule has 4 N–H and O–H groups in total. The van der Waals surface area contributed by atoms with Crippen LogP contribution in [-0.2, 0) is 58.3 Å². The van der Waals surface area contributed by atoms with Gasteiger partial charge in [-0.25, -0.2) is 27.1 Å². The molecule has 55 heavy (non-hydrogen) atoms. The minimum Gasteiger partial charge on any atom is -0.480 e. The molecule has 1 unspecified atom stereocenters. The number of amides is 3. The van der Waals surface area contributed by atoms with Crippen LogP contribution in [0.5, 0.6) is 0 Å². The zero-order valence-electron chi connectivity index (χ0n) is 29.0. The number of nitrogens with one attached hydrogen (secondary N) is 2. The predicted molar refractivity (Wildman–Crippen MR) is 199 cm³/mol. The molecule has 0 saturated carbocycles. The van der Waals surface area contributed by atoms with Crippen molar-refractivity contribution in [1.82, 2.24) is 14.9 Å². The van der Waals surface area contributed by atoms with Gasteiger partial charge in [0, 0.05) is 24.1 Å². The third-order valence-electron chi connectivity index (χ3n) is 7.43. The fourth-order valence-electron chi connectivity index (χ4n) is 4.56. The van der Waals surface area contributed by atoms with Gasteiger partial charge in [-0.1, -0.05) is 114 Å². The number of carboxylic acids is 2. The number of hydrogen-bond donors (Lipinski definition) is 4. The zero-order valence-corrected chi connectivity index (χ0v) is 31.3. The maximum absolute atomic E-state index is 12.8. The van der Waals surface area contributed by atoms with E-state index < -0.39 is 61.9 Å². The lowest BCUT2D eigenvalue weighted by Gasteiger charge is -2.20. The van der Waals surface area contributed by atoms with Crippen molar-refractivity contribution in [1.29, 1.82) is 0 Å². The molecule has 4 aromatic carbocycles. The smallest absolute Gasteiger partial charge is 0.423 e. The molecule has 290 valence electrons. The summed E-state index contributed by atoms with van der Waals surface area (Å²) in [6.45, 7) is -0.447. The van der Waals surface area contributed by atoms with Crippen molar-refractivity contribution in [3.63, 3.8) is 0 Å². The van der Waals surface area contributed by atoms with E-state index in [-0.39, 0.29) is 43.1 Å². The van der Waals surface area contributed by atoms with E-state index in [1.54, 1.807) is 66.7 Å². The van der Waals surface area contributed by atoms with Gasteiger partial charge in [0.1, 0.15) is 42.9 Å². The van der Waals surface area contributed by atoms with Gasteiger partial charge in [-0.15, -0.1) is 0 Å². The second kappa shape index (κ2) is 21.1. The second-order valence-corrected chi connectivity index (χ2v) is 14.0. The van der Waals surface area contributed by atoms with Crippen LogP contribution in [0.1, 0.15) is 28.2 Å². The average Bonchev–Trinajstić information content (AvgIpc) is 3.17. The Bertz CT molecular complexity index is 2070. The van der Waals surface area contributed by atoms with Gasteiger partial charge in [0.25, 0.3) is 10.0 Å². The Hall–Kier alpha value is -5.97. The first-order chi connectivity index (χ1) is 26.1. The highest BCUT2D eigenvalue weighted by Gasteiger charge is 2.34. The maximum Gasteiger partial charge on any atom is 0.423 e. The van der Waals surface area contributed by atoms with Crippen LogP contribution in [0.4, 0.5) is 9.59 Å². The first-order valence-electron chi connectivity index (χ1n) is 16.0. The van der Waals surface area contributed by atoms with Gasteiger partial charge in [0.05, 0.1) is 5.02 Å². The number of aldehydes is 1. The summed E-state index contributed by atoms with van der Waals surface area (Å²) >= 11 is 12.0. The van der Waals surface area contributed by atoms with E-state index in [9.17, 15) is 42.3 Å². The molecule has 0 aliphatic rings. The molecular formula is C37H35Cl2N3O12S. The summed E-state index contributed by atoms with van der Waals surface area (Å²) < 4.78 is 35.9. The molecule has 18 heteroatoms. The molecule has 0 radical (unpaired) electrons. The minimum absolute atomic E-state index is 0.0731. The minimum atomic E-state index is -4.52. The van der Waals surface area contributed by atoms with Crippen LogP contribution in [0.3, 0.4) is 0 Å². The van der Waals surface area contributed by atoms with Gasteiger partial charge >= 0.3 is 24.1 Å². The molecule has 4 rings (SSSR count). The average molecular weight is 817 g/mol. The largest absolute Gasteiger partial charge is 0.480 e. The summed E-state index contributed by atoms with van der Waals surface area (Å²) in [4.78, 5) is 68.8. The molecule has 4 aromatic rings. The fourth-order valence-corrected chi connectivity index (χ4v) is 6.58. The van der Waals surface area contributed by atoms with Gasteiger partial charge in [-0.05, 0) is 28.8 Å². The summed E-state index contributed by atoms with van der Waals surface area (Å²) in [5.74, 6) is -5.09. The topological polar surface area (TPSA) is 223 Å². The number of nitrogens with zero attached hydrogens (tertiary/aromatic N) is 1. The van der Waals surface area contributed by atoms with Crippen molar-refractivity contribution in [2.75, 3.05) is 13.6 Å². The number of alkyl carbamates (subject to hydrolysis) is 1. The fraction of sp³-hybridized carbons (Fsp3) is 0.189. The molecule has 0 spiro atoms. The molecular weight excluding hydrogens is 781 g/mol. The number of carbonyl (C=O) groups is 6. The standard InChI is InChI=1S/C19H20N2O5.C18H15Cl2NO7S/c22-17(12-20-19(25)26-13-15-9-5-2-6-10-15)21-16(18(23)24)11-14-7-3-1-4-8-14;1-21(18(25)28-10-11-5-3-2-4-6-11)29(26,27)14-8-7-13(19)15(16(14)20)12(9-22)17(23)24/h1-10,16H,11-13H2,(H,20,25)(H,21,22)(H,23,24);2-9,12H,10H2,1H3,(H,23,24)/t16-;/m0./s1. The van der Waals surface area contributed by atoms with E-state index in [1.807, 2.05) is 24.3 Å². The number of sulfonamides is 1. The Labute approximate surface area is 325 Å². The van der Waals surface area contributed by atoms with E-state index in [0.717, 1.165) is 30.3 Å². The summed E-state index contributed by atoms with van der Waals surface area (Å²) in [5, 5.41) is 22.3. The first kappa shape index (κ1) is 43.4.